The summed E-state index contributed by atoms with van der Waals surface area (Å²) in [5.41, 5.74) is 1.21. The summed E-state index contributed by atoms with van der Waals surface area (Å²) < 4.78 is 15.9. The second-order valence-corrected chi connectivity index (χ2v) is 8.76. The van der Waals surface area contributed by atoms with Gasteiger partial charge in [-0.2, -0.15) is 0 Å². The Balaban J connectivity index is 1.74. The maximum absolute atomic E-state index is 13.0. The molecule has 1 N–H and O–H groups in total. The van der Waals surface area contributed by atoms with Crippen molar-refractivity contribution in [3.63, 3.8) is 0 Å². The van der Waals surface area contributed by atoms with E-state index >= 15 is 0 Å². The molecule has 1 atom stereocenters. The minimum atomic E-state index is -0.772. The van der Waals surface area contributed by atoms with Gasteiger partial charge in [-0.15, -0.1) is 11.3 Å². The summed E-state index contributed by atoms with van der Waals surface area (Å²) >= 11 is 1.46. The number of amides is 2. The molecule has 0 aliphatic rings. The number of nitrogens with zero attached hydrogens (tertiary/aromatic N) is 1. The molecular weight excluding hydrogens is 468 g/mol. The van der Waals surface area contributed by atoms with Crippen LogP contribution in [0.5, 0.6) is 11.5 Å². The Morgan fingerprint density at radius 1 is 1.00 bits per heavy atom. The quantitative estimate of drug-likeness (QED) is 0.420. The van der Waals surface area contributed by atoms with Gasteiger partial charge in [0.15, 0.2) is 18.1 Å². The molecule has 3 rings (SSSR count). The maximum atomic E-state index is 13.0. The fraction of sp³-hybridized carbons (Fsp3) is 0.269. The van der Waals surface area contributed by atoms with Gasteiger partial charge in [-0.1, -0.05) is 36.4 Å². The van der Waals surface area contributed by atoms with E-state index in [2.05, 4.69) is 5.32 Å². The van der Waals surface area contributed by atoms with Gasteiger partial charge >= 0.3 is 5.97 Å². The lowest BCUT2D eigenvalue weighted by Gasteiger charge is -2.25. The highest BCUT2D eigenvalue weighted by atomic mass is 32.1. The predicted molar refractivity (Wildman–Crippen MR) is 134 cm³/mol. The van der Waals surface area contributed by atoms with Gasteiger partial charge in [0.05, 0.1) is 37.9 Å². The number of hydrogen-bond donors (Lipinski definition) is 1. The number of hydrogen-bond acceptors (Lipinski definition) is 7. The molecule has 1 heterocycles. The third kappa shape index (κ3) is 6.60. The molecule has 0 spiro atoms. The maximum Gasteiger partial charge on any atom is 0.340 e. The fourth-order valence-electron chi connectivity index (χ4n) is 3.40. The van der Waals surface area contributed by atoms with Crippen LogP contribution < -0.4 is 14.8 Å². The molecule has 3 aromatic rings. The van der Waals surface area contributed by atoms with Crippen molar-refractivity contribution in [2.45, 2.75) is 19.4 Å². The van der Waals surface area contributed by atoms with E-state index in [4.69, 9.17) is 14.2 Å². The Morgan fingerprint density at radius 3 is 2.31 bits per heavy atom. The van der Waals surface area contributed by atoms with Gasteiger partial charge in [0.1, 0.15) is 0 Å². The Bertz CT molecular complexity index is 1160. The van der Waals surface area contributed by atoms with Crippen LogP contribution in [0.4, 0.5) is 5.69 Å². The summed E-state index contributed by atoms with van der Waals surface area (Å²) in [5, 5.41) is 4.63. The largest absolute Gasteiger partial charge is 0.493 e. The molecule has 35 heavy (non-hydrogen) atoms. The molecule has 8 nitrogen and oxygen atoms in total. The third-order valence-corrected chi connectivity index (χ3v) is 6.39. The first kappa shape index (κ1) is 25.8. The minimum Gasteiger partial charge on any atom is -0.493 e. The summed E-state index contributed by atoms with van der Waals surface area (Å²) in [7, 11) is 4.54. The molecule has 0 aliphatic heterocycles. The molecule has 184 valence electrons. The first-order chi connectivity index (χ1) is 16.8. The number of methoxy groups -OCH3 is 2. The smallest absolute Gasteiger partial charge is 0.340 e. The number of carbonyl (C=O) groups is 3. The van der Waals surface area contributed by atoms with E-state index in [9.17, 15) is 14.4 Å². The number of anilines is 1. The fourth-order valence-corrected chi connectivity index (χ4v) is 4.10. The van der Waals surface area contributed by atoms with Crippen LogP contribution in [0.15, 0.2) is 60.0 Å². The molecule has 0 radical (unpaired) electrons. The topological polar surface area (TPSA) is 94.2 Å². The van der Waals surface area contributed by atoms with Gasteiger partial charge < -0.3 is 24.4 Å². The van der Waals surface area contributed by atoms with Gasteiger partial charge in [-0.3, -0.25) is 9.59 Å². The van der Waals surface area contributed by atoms with E-state index in [-0.39, 0.29) is 41.3 Å². The minimum absolute atomic E-state index is 0.0498. The number of thiophene rings is 1. The zero-order valence-corrected chi connectivity index (χ0v) is 20.9. The zero-order chi connectivity index (χ0) is 25.4. The second-order valence-electron chi connectivity index (χ2n) is 7.72. The number of ether oxygens (including phenoxy) is 3. The number of esters is 1. The lowest BCUT2D eigenvalue weighted by atomic mass is 10.1. The molecule has 1 unspecified atom stereocenters. The molecule has 2 amide bonds. The van der Waals surface area contributed by atoms with Crippen LogP contribution in [0.3, 0.4) is 0 Å². The highest BCUT2D eigenvalue weighted by molar-refractivity contribution is 7.10. The average molecular weight is 497 g/mol. The van der Waals surface area contributed by atoms with Crippen molar-refractivity contribution in [1.29, 1.82) is 0 Å². The van der Waals surface area contributed by atoms with Crippen molar-refractivity contribution in [1.82, 2.24) is 4.90 Å². The Kier molecular flexibility index (Phi) is 8.86. The standard InChI is InChI=1S/C26H28N2O6S/c1-17(18-9-6-5-7-10-18)28(2)25(30)16-34-26(31)20-14-22(32-3)23(33-4)15-21(20)27-24(29)13-19-11-8-12-35-19/h5-12,14-15,17H,13,16H2,1-4H3,(H,27,29). The molecule has 1 aromatic heterocycles. The van der Waals surface area contributed by atoms with Crippen molar-refractivity contribution >= 4 is 34.8 Å². The highest BCUT2D eigenvalue weighted by Crippen LogP contribution is 2.34. The first-order valence-electron chi connectivity index (χ1n) is 10.9. The average Bonchev–Trinajstić information content (AvgIpc) is 3.39. The van der Waals surface area contributed by atoms with E-state index in [1.54, 1.807) is 7.05 Å². The van der Waals surface area contributed by atoms with E-state index in [0.717, 1.165) is 10.4 Å². The summed E-state index contributed by atoms with van der Waals surface area (Å²) in [6.45, 7) is 1.44. The van der Waals surface area contributed by atoms with Crippen LogP contribution >= 0.6 is 11.3 Å². The van der Waals surface area contributed by atoms with Crippen LogP contribution in [-0.4, -0.2) is 50.6 Å². The van der Waals surface area contributed by atoms with Crippen molar-refractivity contribution in [2.75, 3.05) is 33.2 Å². The molecule has 0 aliphatic carbocycles. The first-order valence-corrected chi connectivity index (χ1v) is 11.8. The van der Waals surface area contributed by atoms with Crippen molar-refractivity contribution < 1.29 is 28.6 Å². The number of rotatable bonds is 10. The molecular formula is C26H28N2O6S. The zero-order valence-electron chi connectivity index (χ0n) is 20.1. The summed E-state index contributed by atoms with van der Waals surface area (Å²) in [6, 6.07) is 16.0. The van der Waals surface area contributed by atoms with Crippen molar-refractivity contribution in [3.8, 4) is 11.5 Å². The molecule has 0 bridgehead atoms. The number of nitrogens with one attached hydrogen (secondary N) is 1. The van der Waals surface area contributed by atoms with Crippen LogP contribution in [-0.2, 0) is 20.7 Å². The van der Waals surface area contributed by atoms with Gasteiger partial charge in [0.2, 0.25) is 5.91 Å². The lowest BCUT2D eigenvalue weighted by molar-refractivity contribution is -0.135. The number of carbonyl (C=O) groups excluding carboxylic acids is 3. The van der Waals surface area contributed by atoms with E-state index in [1.165, 1.54) is 42.6 Å². The van der Waals surface area contributed by atoms with E-state index in [0.29, 0.717) is 5.75 Å². The van der Waals surface area contributed by atoms with Crippen LogP contribution in [0.1, 0.15) is 33.8 Å². The van der Waals surface area contributed by atoms with Gasteiger partial charge in [-0.25, -0.2) is 4.79 Å². The summed E-state index contributed by atoms with van der Waals surface area (Å²) in [5.74, 6) is -0.814. The predicted octanol–water partition coefficient (Wildman–Crippen LogP) is 4.32. The highest BCUT2D eigenvalue weighted by Gasteiger charge is 2.23. The summed E-state index contributed by atoms with van der Waals surface area (Å²) in [4.78, 5) is 40.6. The molecule has 0 saturated carbocycles. The van der Waals surface area contributed by atoms with E-state index in [1.807, 2.05) is 54.8 Å². The van der Waals surface area contributed by atoms with Crippen LogP contribution in [0, 0.1) is 0 Å². The van der Waals surface area contributed by atoms with Crippen LogP contribution in [0.25, 0.3) is 0 Å². The number of benzene rings is 2. The van der Waals surface area contributed by atoms with Gasteiger partial charge in [-0.05, 0) is 23.9 Å². The summed E-state index contributed by atoms with van der Waals surface area (Å²) in [6.07, 6.45) is 0.154. The molecule has 2 aromatic carbocycles. The monoisotopic (exact) mass is 496 g/mol. The van der Waals surface area contributed by atoms with Crippen molar-refractivity contribution in [3.05, 3.63) is 76.0 Å². The molecule has 0 saturated heterocycles. The Labute approximate surface area is 208 Å². The Morgan fingerprint density at radius 2 is 1.69 bits per heavy atom. The Hall–Kier alpha value is -3.85. The second kappa shape index (κ2) is 12.0. The normalized spacial score (nSPS) is 11.3. The van der Waals surface area contributed by atoms with E-state index < -0.39 is 12.6 Å². The molecule has 0 fully saturated rings. The number of likely N-dealkylation sites (N-methyl/N-ethyl adjacent to an activating group) is 1. The van der Waals surface area contributed by atoms with Gasteiger partial charge in [0, 0.05) is 24.1 Å². The van der Waals surface area contributed by atoms with Crippen molar-refractivity contribution in [2.24, 2.45) is 0 Å². The third-order valence-electron chi connectivity index (χ3n) is 5.52. The molecule has 9 heteroatoms. The lowest BCUT2D eigenvalue weighted by Crippen LogP contribution is -2.33. The van der Waals surface area contributed by atoms with Crippen LogP contribution in [0.2, 0.25) is 0 Å². The van der Waals surface area contributed by atoms with Gasteiger partial charge in [0.25, 0.3) is 5.91 Å². The SMILES string of the molecule is COc1cc(NC(=O)Cc2cccs2)c(C(=O)OCC(=O)N(C)C(C)c2ccccc2)cc1OC.